The molecule has 0 unspecified atom stereocenters. The lowest BCUT2D eigenvalue weighted by Crippen LogP contribution is -2.25. The van der Waals surface area contributed by atoms with Crippen LogP contribution in [-0.4, -0.2) is 42.5 Å². The summed E-state index contributed by atoms with van der Waals surface area (Å²) in [7, 11) is 2.92. The quantitative estimate of drug-likeness (QED) is 0.383. The van der Waals surface area contributed by atoms with Gasteiger partial charge in [-0.2, -0.15) is 0 Å². The highest BCUT2D eigenvalue weighted by Gasteiger charge is 2.15. The highest BCUT2D eigenvalue weighted by molar-refractivity contribution is 6.05. The lowest BCUT2D eigenvalue weighted by Gasteiger charge is -2.12. The fourth-order valence-corrected chi connectivity index (χ4v) is 3.24. The third kappa shape index (κ3) is 4.80. The summed E-state index contributed by atoms with van der Waals surface area (Å²) in [6.07, 6.45) is 0. The van der Waals surface area contributed by atoms with Crippen LogP contribution < -0.4 is 20.1 Å². The van der Waals surface area contributed by atoms with Crippen molar-refractivity contribution in [2.24, 2.45) is 0 Å². The number of aromatic amines is 1. The van der Waals surface area contributed by atoms with Gasteiger partial charge in [-0.15, -0.1) is 0 Å². The van der Waals surface area contributed by atoms with Crippen molar-refractivity contribution in [2.75, 3.05) is 26.1 Å². The van der Waals surface area contributed by atoms with E-state index in [2.05, 4.69) is 20.6 Å². The SMILES string of the molecule is CNC(=O)COc1ccc(C(=O)Nc2ccc3nc(-c4cc(F)ccc4F)[nH]c3c2)cc1OC. The van der Waals surface area contributed by atoms with Gasteiger partial charge in [0, 0.05) is 18.3 Å². The molecule has 2 amide bonds. The average molecular weight is 466 g/mol. The molecular formula is C24H20F2N4O4. The summed E-state index contributed by atoms with van der Waals surface area (Å²) in [5.74, 6) is -1.11. The number of ether oxygens (including phenoxy) is 2. The largest absolute Gasteiger partial charge is 0.493 e. The molecule has 0 spiro atoms. The lowest BCUT2D eigenvalue weighted by molar-refractivity contribution is -0.122. The number of hydrogen-bond donors (Lipinski definition) is 3. The first-order valence-electron chi connectivity index (χ1n) is 10.2. The maximum atomic E-state index is 14.1. The molecule has 1 heterocycles. The molecule has 174 valence electrons. The number of benzene rings is 3. The number of halogens is 2. The highest BCUT2D eigenvalue weighted by atomic mass is 19.1. The number of nitrogens with one attached hydrogen (secondary N) is 3. The molecule has 10 heteroatoms. The fraction of sp³-hybridized carbons (Fsp3) is 0.125. The van der Waals surface area contributed by atoms with Gasteiger partial charge in [-0.1, -0.05) is 0 Å². The Bertz CT molecular complexity index is 1390. The molecule has 0 bridgehead atoms. The van der Waals surface area contributed by atoms with E-state index in [0.29, 0.717) is 33.8 Å². The normalized spacial score (nSPS) is 10.7. The highest BCUT2D eigenvalue weighted by Crippen LogP contribution is 2.29. The van der Waals surface area contributed by atoms with Crippen molar-refractivity contribution < 1.29 is 27.8 Å². The third-order valence-electron chi connectivity index (χ3n) is 4.99. The van der Waals surface area contributed by atoms with Crippen LogP contribution in [0.3, 0.4) is 0 Å². The Balaban J connectivity index is 1.53. The maximum Gasteiger partial charge on any atom is 0.257 e. The second kappa shape index (κ2) is 9.57. The summed E-state index contributed by atoms with van der Waals surface area (Å²) in [5.41, 5.74) is 1.83. The van der Waals surface area contributed by atoms with Crippen LogP contribution in [0.2, 0.25) is 0 Å². The minimum Gasteiger partial charge on any atom is -0.493 e. The van der Waals surface area contributed by atoms with Crippen LogP contribution in [0.5, 0.6) is 11.5 Å². The molecule has 3 aromatic carbocycles. The molecule has 3 N–H and O–H groups in total. The Morgan fingerprint density at radius 1 is 1.03 bits per heavy atom. The number of fused-ring (bicyclic) bond motifs is 1. The number of carbonyl (C=O) groups excluding carboxylic acids is 2. The van der Waals surface area contributed by atoms with Gasteiger partial charge in [0.1, 0.15) is 17.5 Å². The molecular weight excluding hydrogens is 446 g/mol. The number of imidazole rings is 1. The number of hydrogen-bond acceptors (Lipinski definition) is 5. The number of carbonyl (C=O) groups is 2. The Morgan fingerprint density at radius 2 is 1.85 bits per heavy atom. The average Bonchev–Trinajstić information content (AvgIpc) is 3.27. The van der Waals surface area contributed by atoms with E-state index in [1.807, 2.05) is 0 Å². The molecule has 1 aromatic heterocycles. The molecule has 8 nitrogen and oxygen atoms in total. The first-order valence-corrected chi connectivity index (χ1v) is 10.2. The van der Waals surface area contributed by atoms with E-state index in [-0.39, 0.29) is 23.9 Å². The minimum absolute atomic E-state index is 0.00704. The van der Waals surface area contributed by atoms with Crippen LogP contribution in [0, 0.1) is 11.6 Å². The van der Waals surface area contributed by atoms with Gasteiger partial charge in [0.15, 0.2) is 18.1 Å². The van der Waals surface area contributed by atoms with E-state index < -0.39 is 17.5 Å². The Morgan fingerprint density at radius 3 is 2.62 bits per heavy atom. The summed E-state index contributed by atoms with van der Waals surface area (Å²) in [6, 6.07) is 12.6. The second-order valence-corrected chi connectivity index (χ2v) is 7.22. The Hall–Kier alpha value is -4.47. The van der Waals surface area contributed by atoms with E-state index in [1.54, 1.807) is 18.2 Å². The van der Waals surface area contributed by atoms with E-state index >= 15 is 0 Å². The summed E-state index contributed by atoms with van der Waals surface area (Å²) in [4.78, 5) is 31.4. The number of methoxy groups -OCH3 is 1. The first-order chi connectivity index (χ1) is 16.4. The van der Waals surface area contributed by atoms with Crippen molar-refractivity contribution in [2.45, 2.75) is 0 Å². The topological polar surface area (TPSA) is 105 Å². The number of nitrogens with zero attached hydrogens (tertiary/aromatic N) is 1. The van der Waals surface area contributed by atoms with Crippen molar-refractivity contribution in [1.82, 2.24) is 15.3 Å². The predicted octanol–water partition coefficient (Wildman–Crippen LogP) is 3.89. The number of amides is 2. The van der Waals surface area contributed by atoms with Crippen molar-refractivity contribution in [1.29, 1.82) is 0 Å². The fourth-order valence-electron chi connectivity index (χ4n) is 3.24. The zero-order valence-electron chi connectivity index (χ0n) is 18.2. The zero-order chi connectivity index (χ0) is 24.2. The summed E-state index contributed by atoms with van der Waals surface area (Å²) in [6.45, 7) is -0.190. The first kappa shape index (κ1) is 22.7. The van der Waals surface area contributed by atoms with Gasteiger partial charge >= 0.3 is 0 Å². The number of aromatic nitrogens is 2. The number of likely N-dealkylation sites (N-methyl/N-ethyl adjacent to an activating group) is 1. The van der Waals surface area contributed by atoms with Crippen LogP contribution in [0.15, 0.2) is 54.6 Å². The summed E-state index contributed by atoms with van der Waals surface area (Å²) in [5, 5.41) is 5.22. The predicted molar refractivity (Wildman–Crippen MR) is 122 cm³/mol. The van der Waals surface area contributed by atoms with Crippen molar-refractivity contribution in [3.8, 4) is 22.9 Å². The number of anilines is 1. The van der Waals surface area contributed by atoms with Gasteiger partial charge in [-0.05, 0) is 54.6 Å². The summed E-state index contributed by atoms with van der Waals surface area (Å²) >= 11 is 0. The maximum absolute atomic E-state index is 14.1. The molecule has 0 saturated heterocycles. The van der Waals surface area contributed by atoms with Crippen LogP contribution >= 0.6 is 0 Å². The van der Waals surface area contributed by atoms with E-state index in [1.165, 1.54) is 32.4 Å². The van der Waals surface area contributed by atoms with Gasteiger partial charge in [-0.25, -0.2) is 13.8 Å². The molecule has 34 heavy (non-hydrogen) atoms. The van der Waals surface area contributed by atoms with Gasteiger partial charge in [0.05, 0.1) is 23.7 Å². The van der Waals surface area contributed by atoms with Crippen molar-refractivity contribution in [3.05, 3.63) is 71.8 Å². The molecule has 0 aliphatic carbocycles. The van der Waals surface area contributed by atoms with Crippen LogP contribution in [-0.2, 0) is 4.79 Å². The van der Waals surface area contributed by atoms with Crippen molar-refractivity contribution in [3.63, 3.8) is 0 Å². The molecule has 4 rings (SSSR count). The van der Waals surface area contributed by atoms with Gasteiger partial charge in [-0.3, -0.25) is 9.59 Å². The molecule has 4 aromatic rings. The van der Waals surface area contributed by atoms with Crippen LogP contribution in [0.1, 0.15) is 10.4 Å². The van der Waals surface area contributed by atoms with Gasteiger partial charge in [0.25, 0.3) is 11.8 Å². The van der Waals surface area contributed by atoms with Crippen LogP contribution in [0.4, 0.5) is 14.5 Å². The van der Waals surface area contributed by atoms with Gasteiger partial charge < -0.3 is 25.1 Å². The standard InChI is InChI=1S/C24H20F2N4O4/c1-27-22(31)12-34-20-8-3-13(9-21(20)33-2)24(32)28-15-5-7-18-19(11-15)30-23(29-18)16-10-14(25)4-6-17(16)26/h3-11H,12H2,1-2H3,(H,27,31)(H,28,32)(H,29,30). The molecule has 0 fully saturated rings. The third-order valence-corrected chi connectivity index (χ3v) is 4.99. The van der Waals surface area contributed by atoms with E-state index in [4.69, 9.17) is 9.47 Å². The van der Waals surface area contributed by atoms with Crippen molar-refractivity contribution >= 4 is 28.5 Å². The Kier molecular flexibility index (Phi) is 6.39. The number of rotatable bonds is 7. The van der Waals surface area contributed by atoms with E-state index in [0.717, 1.165) is 18.2 Å². The van der Waals surface area contributed by atoms with Gasteiger partial charge in [0.2, 0.25) is 0 Å². The molecule has 0 aliphatic heterocycles. The lowest BCUT2D eigenvalue weighted by atomic mass is 10.1. The Labute approximate surface area is 192 Å². The van der Waals surface area contributed by atoms with Crippen LogP contribution in [0.25, 0.3) is 22.4 Å². The smallest absolute Gasteiger partial charge is 0.257 e. The minimum atomic E-state index is -0.606. The second-order valence-electron chi connectivity index (χ2n) is 7.22. The zero-order valence-corrected chi connectivity index (χ0v) is 18.2. The molecule has 0 radical (unpaired) electrons. The monoisotopic (exact) mass is 466 g/mol. The van der Waals surface area contributed by atoms with E-state index in [9.17, 15) is 18.4 Å². The summed E-state index contributed by atoms with van der Waals surface area (Å²) < 4.78 is 38.3. The number of H-pyrrole nitrogens is 1. The molecule has 0 aliphatic rings. The molecule has 0 saturated carbocycles. The molecule has 0 atom stereocenters.